The van der Waals surface area contributed by atoms with E-state index in [9.17, 15) is 4.79 Å². The van der Waals surface area contributed by atoms with E-state index in [4.69, 9.17) is 9.84 Å². The van der Waals surface area contributed by atoms with Crippen molar-refractivity contribution in [3.05, 3.63) is 12.2 Å². The summed E-state index contributed by atoms with van der Waals surface area (Å²) in [5.74, 6) is -0.597. The van der Waals surface area contributed by atoms with Crippen molar-refractivity contribution in [2.24, 2.45) is 0 Å². The van der Waals surface area contributed by atoms with Crippen LogP contribution in [0.1, 0.15) is 27.2 Å². The smallest absolute Gasteiger partial charge is 0.332 e. The molecule has 0 rings (SSSR count). The first kappa shape index (κ1) is 11.2. The van der Waals surface area contributed by atoms with Crippen LogP contribution in [0.2, 0.25) is 0 Å². The number of carbonyl (C=O) groups is 1. The van der Waals surface area contributed by atoms with Crippen LogP contribution < -0.4 is 0 Å². The lowest BCUT2D eigenvalue weighted by molar-refractivity contribution is -0.155. The summed E-state index contributed by atoms with van der Waals surface area (Å²) < 4.78 is 4.91. The van der Waals surface area contributed by atoms with E-state index in [-0.39, 0.29) is 0 Å². The second-order valence-electron chi connectivity index (χ2n) is 3.05. The van der Waals surface area contributed by atoms with Crippen LogP contribution >= 0.6 is 0 Å². The first-order valence-corrected chi connectivity index (χ1v) is 4.02. The standard InChI is InChI=1S/C9H16O3/c1-4-5-6-9(2,3)12-8(11)7-10/h5-6,10H,4,7H2,1-3H3/b6-5+. The van der Waals surface area contributed by atoms with Gasteiger partial charge in [0.1, 0.15) is 12.2 Å². The number of aliphatic hydroxyl groups excluding tert-OH is 1. The second kappa shape index (κ2) is 4.93. The molecule has 3 nitrogen and oxygen atoms in total. The van der Waals surface area contributed by atoms with Gasteiger partial charge >= 0.3 is 5.97 Å². The maximum absolute atomic E-state index is 10.7. The lowest BCUT2D eigenvalue weighted by atomic mass is 10.1. The molecule has 0 fully saturated rings. The van der Waals surface area contributed by atoms with E-state index in [2.05, 4.69) is 0 Å². The molecule has 3 heteroatoms. The number of ether oxygens (including phenoxy) is 1. The monoisotopic (exact) mass is 172 g/mol. The van der Waals surface area contributed by atoms with Crippen LogP contribution in [0.5, 0.6) is 0 Å². The summed E-state index contributed by atoms with van der Waals surface area (Å²) in [6, 6.07) is 0. The third-order valence-corrected chi connectivity index (χ3v) is 1.26. The van der Waals surface area contributed by atoms with Crippen molar-refractivity contribution in [3.8, 4) is 0 Å². The van der Waals surface area contributed by atoms with Crippen molar-refractivity contribution in [2.45, 2.75) is 32.8 Å². The van der Waals surface area contributed by atoms with Crippen molar-refractivity contribution >= 4 is 5.97 Å². The molecule has 0 aromatic heterocycles. The molecule has 0 bridgehead atoms. The predicted molar refractivity (Wildman–Crippen MR) is 46.7 cm³/mol. The SMILES string of the molecule is CC/C=C/C(C)(C)OC(=O)CO. The normalized spacial score (nSPS) is 12.0. The zero-order valence-electron chi connectivity index (χ0n) is 7.83. The summed E-state index contributed by atoms with van der Waals surface area (Å²) in [6.45, 7) is 4.98. The number of hydrogen-bond donors (Lipinski definition) is 1. The molecule has 0 aliphatic carbocycles. The van der Waals surface area contributed by atoms with Gasteiger partial charge in [-0.05, 0) is 26.3 Å². The molecule has 0 radical (unpaired) electrons. The number of rotatable bonds is 4. The zero-order chi connectivity index (χ0) is 9.61. The third-order valence-electron chi connectivity index (χ3n) is 1.26. The Morgan fingerprint density at radius 3 is 2.58 bits per heavy atom. The lowest BCUT2D eigenvalue weighted by Gasteiger charge is -2.20. The topological polar surface area (TPSA) is 46.5 Å². The number of carbonyl (C=O) groups excluding carboxylic acids is 1. The second-order valence-corrected chi connectivity index (χ2v) is 3.05. The van der Waals surface area contributed by atoms with Crippen LogP contribution in [0, 0.1) is 0 Å². The molecule has 0 aromatic carbocycles. The Morgan fingerprint density at radius 2 is 2.17 bits per heavy atom. The van der Waals surface area contributed by atoms with Gasteiger partial charge in [0.2, 0.25) is 0 Å². The van der Waals surface area contributed by atoms with Gasteiger partial charge in [0.05, 0.1) is 0 Å². The molecule has 12 heavy (non-hydrogen) atoms. The van der Waals surface area contributed by atoms with E-state index in [1.54, 1.807) is 19.9 Å². The molecule has 0 aliphatic rings. The summed E-state index contributed by atoms with van der Waals surface area (Å²) in [4.78, 5) is 10.7. The highest BCUT2D eigenvalue weighted by Gasteiger charge is 2.17. The van der Waals surface area contributed by atoms with Gasteiger partial charge in [-0.25, -0.2) is 4.79 Å². The molecule has 0 aliphatic heterocycles. The van der Waals surface area contributed by atoms with Crippen LogP contribution in [-0.2, 0) is 9.53 Å². The Hall–Kier alpha value is -0.830. The van der Waals surface area contributed by atoms with Crippen LogP contribution in [0.3, 0.4) is 0 Å². The maximum Gasteiger partial charge on any atom is 0.332 e. The fourth-order valence-corrected chi connectivity index (χ4v) is 0.761. The minimum atomic E-state index is -0.615. The minimum absolute atomic E-state index is 0.566. The number of allylic oxidation sites excluding steroid dienone is 1. The third kappa shape index (κ3) is 4.91. The first-order valence-electron chi connectivity index (χ1n) is 4.02. The summed E-state index contributed by atoms with van der Waals surface area (Å²) >= 11 is 0. The highest BCUT2D eigenvalue weighted by atomic mass is 16.6. The summed E-state index contributed by atoms with van der Waals surface area (Å²) in [5.41, 5.74) is -0.615. The van der Waals surface area contributed by atoms with Crippen molar-refractivity contribution in [3.63, 3.8) is 0 Å². The maximum atomic E-state index is 10.7. The summed E-state index contributed by atoms with van der Waals surface area (Å²) in [6.07, 6.45) is 4.63. The molecule has 1 N–H and O–H groups in total. The highest BCUT2D eigenvalue weighted by molar-refractivity contribution is 5.71. The largest absolute Gasteiger partial charge is 0.454 e. The van der Waals surface area contributed by atoms with Crippen LogP contribution in [0.4, 0.5) is 0 Å². The molecule has 0 saturated carbocycles. The fraction of sp³-hybridized carbons (Fsp3) is 0.667. The molecule has 0 atom stereocenters. The summed E-state index contributed by atoms with van der Waals surface area (Å²) in [5, 5.41) is 8.42. The van der Waals surface area contributed by atoms with Gasteiger partial charge < -0.3 is 9.84 Å². The van der Waals surface area contributed by atoms with Gasteiger partial charge in [-0.1, -0.05) is 13.0 Å². The molecule has 0 heterocycles. The summed E-state index contributed by atoms with van der Waals surface area (Å²) in [7, 11) is 0. The van der Waals surface area contributed by atoms with Crippen molar-refractivity contribution in [1.29, 1.82) is 0 Å². The van der Waals surface area contributed by atoms with Crippen molar-refractivity contribution in [1.82, 2.24) is 0 Å². The van der Waals surface area contributed by atoms with E-state index < -0.39 is 18.2 Å². The Balaban J connectivity index is 4.03. The molecule has 0 saturated heterocycles. The van der Waals surface area contributed by atoms with Crippen molar-refractivity contribution < 1.29 is 14.6 Å². The average molecular weight is 172 g/mol. The van der Waals surface area contributed by atoms with Crippen LogP contribution in [0.15, 0.2) is 12.2 Å². The molecular weight excluding hydrogens is 156 g/mol. The Morgan fingerprint density at radius 1 is 1.58 bits per heavy atom. The van der Waals surface area contributed by atoms with Gasteiger partial charge in [0.15, 0.2) is 0 Å². The van der Waals surface area contributed by atoms with Crippen LogP contribution in [0.25, 0.3) is 0 Å². The van der Waals surface area contributed by atoms with Crippen LogP contribution in [-0.4, -0.2) is 23.3 Å². The first-order chi connectivity index (χ1) is 5.52. The minimum Gasteiger partial charge on any atom is -0.454 e. The van der Waals surface area contributed by atoms with E-state index >= 15 is 0 Å². The van der Waals surface area contributed by atoms with E-state index in [1.807, 2.05) is 13.0 Å². The van der Waals surface area contributed by atoms with Crippen molar-refractivity contribution in [2.75, 3.05) is 6.61 Å². The average Bonchev–Trinajstić information content (AvgIpc) is 2.00. The lowest BCUT2D eigenvalue weighted by Crippen LogP contribution is -2.27. The van der Waals surface area contributed by atoms with Gasteiger partial charge in [-0.2, -0.15) is 0 Å². The Labute approximate surface area is 73.0 Å². The number of aliphatic hydroxyl groups is 1. The van der Waals surface area contributed by atoms with E-state index in [0.717, 1.165) is 6.42 Å². The van der Waals surface area contributed by atoms with E-state index in [0.29, 0.717) is 0 Å². The zero-order valence-corrected chi connectivity index (χ0v) is 7.83. The number of esters is 1. The molecule has 0 spiro atoms. The van der Waals surface area contributed by atoms with E-state index in [1.165, 1.54) is 0 Å². The Bertz CT molecular complexity index is 171. The van der Waals surface area contributed by atoms with Gasteiger partial charge in [0, 0.05) is 0 Å². The molecule has 0 unspecified atom stereocenters. The fourth-order valence-electron chi connectivity index (χ4n) is 0.761. The molecule has 0 amide bonds. The van der Waals surface area contributed by atoms with Gasteiger partial charge in [-0.15, -0.1) is 0 Å². The van der Waals surface area contributed by atoms with Gasteiger partial charge in [0.25, 0.3) is 0 Å². The highest BCUT2D eigenvalue weighted by Crippen LogP contribution is 2.11. The molecular formula is C9H16O3. The molecule has 0 aromatic rings. The predicted octanol–water partition coefficient (Wildman–Crippen LogP) is 1.27. The quantitative estimate of drug-likeness (QED) is 0.513. The molecule has 70 valence electrons. The Kier molecular flexibility index (Phi) is 4.59. The van der Waals surface area contributed by atoms with Gasteiger partial charge in [-0.3, -0.25) is 0 Å². The number of hydrogen-bond acceptors (Lipinski definition) is 3.